The Morgan fingerprint density at radius 2 is 2.12 bits per heavy atom. The molecule has 88 valence electrons. The lowest BCUT2D eigenvalue weighted by molar-refractivity contribution is 0.434. The molecule has 1 aliphatic carbocycles. The van der Waals surface area contributed by atoms with E-state index in [-0.39, 0.29) is 0 Å². The van der Waals surface area contributed by atoms with Gasteiger partial charge in [0.05, 0.1) is 6.54 Å². The molecule has 3 heteroatoms. The lowest BCUT2D eigenvalue weighted by atomic mass is 9.87. The Bertz CT molecular complexity index is 319. The summed E-state index contributed by atoms with van der Waals surface area (Å²) in [5, 5.41) is 3.27. The molecule has 16 heavy (non-hydrogen) atoms. The van der Waals surface area contributed by atoms with Gasteiger partial charge in [-0.15, -0.1) is 0 Å². The zero-order valence-corrected chi connectivity index (χ0v) is 10.1. The summed E-state index contributed by atoms with van der Waals surface area (Å²) in [6.07, 6.45) is 8.62. The van der Waals surface area contributed by atoms with Crippen molar-refractivity contribution in [2.24, 2.45) is 0 Å². The third kappa shape index (κ3) is 3.01. The predicted octanol–water partition coefficient (Wildman–Crippen LogP) is 2.63. The van der Waals surface area contributed by atoms with Crippen LogP contribution in [0.5, 0.6) is 0 Å². The highest BCUT2D eigenvalue weighted by molar-refractivity contribution is 5.09. The Hall–Kier alpha value is -0.960. The SMILES string of the molecule is CCNCc1nccc(C2CCCCC2)n1. The number of nitrogens with zero attached hydrogens (tertiary/aromatic N) is 2. The van der Waals surface area contributed by atoms with E-state index >= 15 is 0 Å². The average Bonchev–Trinajstić information content (AvgIpc) is 2.38. The van der Waals surface area contributed by atoms with Crippen LogP contribution < -0.4 is 5.32 Å². The van der Waals surface area contributed by atoms with E-state index in [0.29, 0.717) is 5.92 Å². The molecule has 0 aromatic carbocycles. The van der Waals surface area contributed by atoms with Gasteiger partial charge in [0.15, 0.2) is 0 Å². The molecule has 0 aliphatic heterocycles. The minimum atomic E-state index is 0.678. The topological polar surface area (TPSA) is 37.8 Å². The van der Waals surface area contributed by atoms with Crippen LogP contribution in [0.3, 0.4) is 0 Å². The summed E-state index contributed by atoms with van der Waals surface area (Å²) in [6.45, 7) is 3.86. The minimum Gasteiger partial charge on any atom is -0.310 e. The second kappa shape index (κ2) is 5.94. The highest BCUT2D eigenvalue weighted by Crippen LogP contribution is 2.31. The smallest absolute Gasteiger partial charge is 0.142 e. The summed E-state index contributed by atoms with van der Waals surface area (Å²) in [7, 11) is 0. The van der Waals surface area contributed by atoms with Gasteiger partial charge in [0, 0.05) is 17.8 Å². The molecular weight excluding hydrogens is 198 g/mol. The van der Waals surface area contributed by atoms with Crippen LogP contribution in [0, 0.1) is 0 Å². The molecule has 1 fully saturated rings. The van der Waals surface area contributed by atoms with E-state index in [1.165, 1.54) is 37.8 Å². The maximum absolute atomic E-state index is 4.66. The van der Waals surface area contributed by atoms with Crippen LogP contribution >= 0.6 is 0 Å². The maximum Gasteiger partial charge on any atom is 0.142 e. The molecule has 0 unspecified atom stereocenters. The van der Waals surface area contributed by atoms with Crippen molar-refractivity contribution in [2.45, 2.75) is 51.5 Å². The molecule has 0 atom stereocenters. The summed E-state index contributed by atoms with van der Waals surface area (Å²) in [5.41, 5.74) is 1.25. The van der Waals surface area contributed by atoms with Crippen molar-refractivity contribution in [3.63, 3.8) is 0 Å². The van der Waals surface area contributed by atoms with Crippen molar-refractivity contribution in [3.8, 4) is 0 Å². The molecule has 1 aliphatic rings. The molecule has 0 saturated heterocycles. The fraction of sp³-hybridized carbons (Fsp3) is 0.692. The minimum absolute atomic E-state index is 0.678. The summed E-state index contributed by atoms with van der Waals surface area (Å²) in [4.78, 5) is 8.96. The van der Waals surface area contributed by atoms with E-state index in [1.54, 1.807) is 0 Å². The molecule has 2 rings (SSSR count). The molecule has 1 aromatic rings. The van der Waals surface area contributed by atoms with Gasteiger partial charge in [-0.25, -0.2) is 9.97 Å². The van der Waals surface area contributed by atoms with E-state index in [0.717, 1.165) is 18.9 Å². The lowest BCUT2D eigenvalue weighted by Crippen LogP contribution is -2.16. The van der Waals surface area contributed by atoms with Gasteiger partial charge in [-0.05, 0) is 25.5 Å². The van der Waals surface area contributed by atoms with Gasteiger partial charge in [0.2, 0.25) is 0 Å². The van der Waals surface area contributed by atoms with Crippen molar-refractivity contribution in [2.75, 3.05) is 6.54 Å². The van der Waals surface area contributed by atoms with Crippen LogP contribution in [-0.4, -0.2) is 16.5 Å². The Balaban J connectivity index is 2.02. The second-order valence-electron chi connectivity index (χ2n) is 4.51. The van der Waals surface area contributed by atoms with Gasteiger partial charge in [-0.1, -0.05) is 26.2 Å². The number of rotatable bonds is 4. The highest BCUT2D eigenvalue weighted by atomic mass is 15.0. The van der Waals surface area contributed by atoms with Gasteiger partial charge >= 0.3 is 0 Å². The first kappa shape index (κ1) is 11.5. The van der Waals surface area contributed by atoms with E-state index in [4.69, 9.17) is 0 Å². The number of nitrogens with one attached hydrogen (secondary N) is 1. The molecule has 1 aromatic heterocycles. The summed E-state index contributed by atoms with van der Waals surface area (Å²) in [5.74, 6) is 1.61. The van der Waals surface area contributed by atoms with Crippen LogP contribution in [0.4, 0.5) is 0 Å². The molecule has 0 bridgehead atoms. The largest absolute Gasteiger partial charge is 0.310 e. The van der Waals surface area contributed by atoms with E-state index in [1.807, 2.05) is 6.20 Å². The van der Waals surface area contributed by atoms with E-state index in [2.05, 4.69) is 28.3 Å². The third-order valence-electron chi connectivity index (χ3n) is 3.28. The fourth-order valence-corrected chi connectivity index (χ4v) is 2.36. The Kier molecular flexibility index (Phi) is 4.28. The molecule has 0 spiro atoms. The standard InChI is InChI=1S/C13H21N3/c1-2-14-10-13-15-9-8-12(16-13)11-6-4-3-5-7-11/h8-9,11,14H,2-7,10H2,1H3. The molecule has 1 N–H and O–H groups in total. The Morgan fingerprint density at radius 1 is 1.31 bits per heavy atom. The van der Waals surface area contributed by atoms with Crippen LogP contribution in [0.25, 0.3) is 0 Å². The van der Waals surface area contributed by atoms with Crippen molar-refractivity contribution in [1.29, 1.82) is 0 Å². The van der Waals surface area contributed by atoms with Gasteiger partial charge in [-0.2, -0.15) is 0 Å². The second-order valence-corrected chi connectivity index (χ2v) is 4.51. The van der Waals surface area contributed by atoms with Gasteiger partial charge in [-0.3, -0.25) is 0 Å². The number of hydrogen-bond donors (Lipinski definition) is 1. The average molecular weight is 219 g/mol. The maximum atomic E-state index is 4.66. The zero-order valence-electron chi connectivity index (χ0n) is 10.1. The first-order valence-electron chi connectivity index (χ1n) is 6.42. The lowest BCUT2D eigenvalue weighted by Gasteiger charge is -2.21. The van der Waals surface area contributed by atoms with Gasteiger partial charge in [0.25, 0.3) is 0 Å². The highest BCUT2D eigenvalue weighted by Gasteiger charge is 2.16. The van der Waals surface area contributed by atoms with Crippen molar-refractivity contribution >= 4 is 0 Å². The normalized spacial score (nSPS) is 17.6. The molecule has 1 heterocycles. The predicted molar refractivity (Wildman–Crippen MR) is 65.2 cm³/mol. The van der Waals surface area contributed by atoms with Gasteiger partial charge in [0.1, 0.15) is 5.82 Å². The molecule has 1 saturated carbocycles. The Labute approximate surface area is 97.7 Å². The van der Waals surface area contributed by atoms with Crippen LogP contribution in [0.15, 0.2) is 12.3 Å². The quantitative estimate of drug-likeness (QED) is 0.846. The Morgan fingerprint density at radius 3 is 2.88 bits per heavy atom. The molecular formula is C13H21N3. The first-order chi connectivity index (χ1) is 7.90. The van der Waals surface area contributed by atoms with Crippen LogP contribution in [-0.2, 0) is 6.54 Å². The van der Waals surface area contributed by atoms with E-state index < -0.39 is 0 Å². The molecule has 3 nitrogen and oxygen atoms in total. The number of hydrogen-bond acceptors (Lipinski definition) is 3. The fourth-order valence-electron chi connectivity index (χ4n) is 2.36. The van der Waals surface area contributed by atoms with Gasteiger partial charge < -0.3 is 5.32 Å². The summed E-state index contributed by atoms with van der Waals surface area (Å²) >= 11 is 0. The van der Waals surface area contributed by atoms with E-state index in [9.17, 15) is 0 Å². The molecule has 0 amide bonds. The third-order valence-corrected chi connectivity index (χ3v) is 3.28. The number of aromatic nitrogens is 2. The van der Waals surface area contributed by atoms with Crippen LogP contribution in [0.1, 0.15) is 56.5 Å². The van der Waals surface area contributed by atoms with Crippen molar-refractivity contribution in [1.82, 2.24) is 15.3 Å². The molecule has 0 radical (unpaired) electrons. The first-order valence-corrected chi connectivity index (χ1v) is 6.42. The van der Waals surface area contributed by atoms with Crippen LogP contribution in [0.2, 0.25) is 0 Å². The summed E-state index contributed by atoms with van der Waals surface area (Å²) < 4.78 is 0. The monoisotopic (exact) mass is 219 g/mol. The zero-order chi connectivity index (χ0) is 11.2. The van der Waals surface area contributed by atoms with Crippen molar-refractivity contribution in [3.05, 3.63) is 23.8 Å². The summed E-state index contributed by atoms with van der Waals surface area (Å²) in [6, 6.07) is 2.09. The van der Waals surface area contributed by atoms with Crippen molar-refractivity contribution < 1.29 is 0 Å².